The van der Waals surface area contributed by atoms with Crippen molar-refractivity contribution in [2.75, 3.05) is 45.3 Å². The third kappa shape index (κ3) is 5.23. The van der Waals surface area contributed by atoms with Gasteiger partial charge in [0.2, 0.25) is 5.91 Å². The smallest absolute Gasteiger partial charge is 0.223 e. The van der Waals surface area contributed by atoms with Crippen LogP contribution < -0.4 is 14.4 Å². The van der Waals surface area contributed by atoms with E-state index in [9.17, 15) is 4.79 Å². The standard InChI is InChI=1S/C29H31ClN4O3/c1-20-6-4-5-7-26(20)32-10-12-33(13-11-32)29(35)17-25(21-14-23(36-2)16-24(15-21)37-3)27-18-31-28-9-8-22(30)19-34(27)28/h4-9,14-16,18-19,25H,10-13,17H2,1-3H3. The molecule has 8 heteroatoms. The lowest BCUT2D eigenvalue weighted by molar-refractivity contribution is -0.131. The van der Waals surface area contributed by atoms with Gasteiger partial charge in [-0.25, -0.2) is 4.98 Å². The van der Waals surface area contributed by atoms with Crippen LogP contribution in [0.1, 0.15) is 29.2 Å². The molecule has 0 bridgehead atoms. The van der Waals surface area contributed by atoms with Gasteiger partial charge < -0.3 is 23.7 Å². The first-order valence-electron chi connectivity index (χ1n) is 12.4. The summed E-state index contributed by atoms with van der Waals surface area (Å²) in [5.41, 5.74) is 5.07. The number of hydrogen-bond acceptors (Lipinski definition) is 5. The first-order valence-corrected chi connectivity index (χ1v) is 12.8. The highest BCUT2D eigenvalue weighted by atomic mass is 35.5. The minimum atomic E-state index is -0.264. The highest BCUT2D eigenvalue weighted by Crippen LogP contribution is 2.35. The maximum Gasteiger partial charge on any atom is 0.223 e. The van der Waals surface area contributed by atoms with Crippen molar-refractivity contribution in [2.45, 2.75) is 19.3 Å². The number of fused-ring (bicyclic) bond motifs is 1. The molecule has 4 aromatic rings. The Morgan fingerprint density at radius 1 is 1.00 bits per heavy atom. The predicted octanol–water partition coefficient (Wildman–Crippen LogP) is 5.18. The van der Waals surface area contributed by atoms with Crippen molar-refractivity contribution in [1.82, 2.24) is 14.3 Å². The average Bonchev–Trinajstić information content (AvgIpc) is 3.34. The van der Waals surface area contributed by atoms with Crippen LogP contribution in [0.15, 0.2) is 67.0 Å². The Morgan fingerprint density at radius 2 is 1.70 bits per heavy atom. The van der Waals surface area contributed by atoms with E-state index < -0.39 is 0 Å². The average molecular weight is 519 g/mol. The maximum atomic E-state index is 13.7. The molecule has 1 atom stereocenters. The molecule has 2 aromatic carbocycles. The summed E-state index contributed by atoms with van der Waals surface area (Å²) in [6.45, 7) is 5.10. The number of pyridine rings is 1. The molecule has 1 aliphatic heterocycles. The fourth-order valence-electron chi connectivity index (χ4n) is 5.07. The molecule has 0 saturated carbocycles. The van der Waals surface area contributed by atoms with E-state index in [0.717, 1.165) is 30.0 Å². The van der Waals surface area contributed by atoms with Gasteiger partial charge in [0.25, 0.3) is 0 Å². The molecule has 1 fully saturated rings. The van der Waals surface area contributed by atoms with Crippen molar-refractivity contribution < 1.29 is 14.3 Å². The number of carbonyl (C=O) groups is 1. The second-order valence-corrected chi connectivity index (χ2v) is 9.75. The lowest BCUT2D eigenvalue weighted by atomic mass is 9.91. The van der Waals surface area contributed by atoms with Crippen molar-refractivity contribution in [3.05, 3.63) is 88.8 Å². The third-order valence-corrected chi connectivity index (χ3v) is 7.32. The third-order valence-electron chi connectivity index (χ3n) is 7.10. The molecule has 192 valence electrons. The van der Waals surface area contributed by atoms with E-state index in [-0.39, 0.29) is 11.8 Å². The number of carbonyl (C=O) groups excluding carboxylic acids is 1. The molecule has 3 heterocycles. The van der Waals surface area contributed by atoms with Crippen molar-refractivity contribution in [2.24, 2.45) is 0 Å². The van der Waals surface area contributed by atoms with Crippen LogP contribution >= 0.6 is 11.6 Å². The van der Waals surface area contributed by atoms with Crippen molar-refractivity contribution >= 4 is 28.8 Å². The Balaban J connectivity index is 1.43. The van der Waals surface area contributed by atoms with Crippen LogP contribution in [0, 0.1) is 6.92 Å². The van der Waals surface area contributed by atoms with Crippen molar-refractivity contribution in [3.63, 3.8) is 0 Å². The number of rotatable bonds is 7. The number of methoxy groups -OCH3 is 2. The number of benzene rings is 2. The number of hydrogen-bond donors (Lipinski definition) is 0. The van der Waals surface area contributed by atoms with Crippen molar-refractivity contribution in [1.29, 1.82) is 0 Å². The van der Waals surface area contributed by atoms with E-state index >= 15 is 0 Å². The number of imidazole rings is 1. The van der Waals surface area contributed by atoms with Gasteiger partial charge in [-0.2, -0.15) is 0 Å². The molecule has 37 heavy (non-hydrogen) atoms. The quantitative estimate of drug-likeness (QED) is 0.337. The fourth-order valence-corrected chi connectivity index (χ4v) is 5.23. The molecule has 1 saturated heterocycles. The number of anilines is 1. The van der Waals surface area contributed by atoms with Gasteiger partial charge >= 0.3 is 0 Å². The van der Waals surface area contributed by atoms with E-state index in [2.05, 4.69) is 41.1 Å². The molecular weight excluding hydrogens is 488 g/mol. The number of halogens is 1. The predicted molar refractivity (Wildman–Crippen MR) is 146 cm³/mol. The lowest BCUT2D eigenvalue weighted by Crippen LogP contribution is -2.49. The van der Waals surface area contributed by atoms with Gasteiger partial charge in [-0.15, -0.1) is 0 Å². The molecule has 5 rings (SSSR count). The van der Waals surface area contributed by atoms with E-state index in [1.165, 1.54) is 11.3 Å². The zero-order valence-corrected chi connectivity index (χ0v) is 22.1. The molecule has 1 amide bonds. The summed E-state index contributed by atoms with van der Waals surface area (Å²) < 4.78 is 13.0. The van der Waals surface area contributed by atoms with Crippen LogP contribution in [0.2, 0.25) is 5.02 Å². The monoisotopic (exact) mass is 518 g/mol. The number of ether oxygens (including phenoxy) is 2. The van der Waals surface area contributed by atoms with Gasteiger partial charge in [0.15, 0.2) is 0 Å². The summed E-state index contributed by atoms with van der Waals surface area (Å²) in [6, 6.07) is 17.8. The van der Waals surface area contributed by atoms with Crippen LogP contribution in [-0.4, -0.2) is 60.6 Å². The van der Waals surface area contributed by atoms with Gasteiger partial charge in [-0.05, 0) is 48.4 Å². The van der Waals surface area contributed by atoms with E-state index in [4.69, 9.17) is 21.1 Å². The first-order chi connectivity index (χ1) is 18.0. The Labute approximate surface area is 222 Å². The van der Waals surface area contributed by atoms with Crippen LogP contribution in [0.25, 0.3) is 5.65 Å². The Bertz CT molecular complexity index is 1390. The summed E-state index contributed by atoms with van der Waals surface area (Å²) in [5.74, 6) is 1.18. The summed E-state index contributed by atoms with van der Waals surface area (Å²) in [5, 5.41) is 0.604. The summed E-state index contributed by atoms with van der Waals surface area (Å²) >= 11 is 6.33. The van der Waals surface area contributed by atoms with Gasteiger partial charge in [0, 0.05) is 62.7 Å². The van der Waals surface area contributed by atoms with Gasteiger partial charge in [-0.1, -0.05) is 29.8 Å². The zero-order valence-electron chi connectivity index (χ0n) is 21.4. The van der Waals surface area contributed by atoms with Crippen LogP contribution in [0.3, 0.4) is 0 Å². The van der Waals surface area contributed by atoms with Gasteiger partial charge in [0.05, 0.1) is 24.9 Å². The molecular formula is C29H31ClN4O3. The molecule has 7 nitrogen and oxygen atoms in total. The highest BCUT2D eigenvalue weighted by molar-refractivity contribution is 6.30. The fraction of sp³-hybridized carbons (Fsp3) is 0.310. The molecule has 1 unspecified atom stereocenters. The highest BCUT2D eigenvalue weighted by Gasteiger charge is 2.28. The second kappa shape index (κ2) is 10.7. The number of para-hydroxylation sites is 1. The molecule has 0 spiro atoms. The van der Waals surface area contributed by atoms with E-state index in [1.807, 2.05) is 52.0 Å². The largest absolute Gasteiger partial charge is 0.497 e. The van der Waals surface area contributed by atoms with Gasteiger partial charge in [0.1, 0.15) is 17.1 Å². The van der Waals surface area contributed by atoms with Crippen molar-refractivity contribution in [3.8, 4) is 11.5 Å². The SMILES string of the molecule is COc1cc(OC)cc(C(CC(=O)N2CCN(c3ccccc3C)CC2)c2cnc3ccc(Cl)cn23)c1. The summed E-state index contributed by atoms with van der Waals surface area (Å²) in [6.07, 6.45) is 3.96. The summed E-state index contributed by atoms with van der Waals surface area (Å²) in [4.78, 5) is 22.6. The number of piperazine rings is 1. The Hall–Kier alpha value is -3.71. The minimum absolute atomic E-state index is 0.105. The van der Waals surface area contributed by atoms with Crippen LogP contribution in [0.5, 0.6) is 11.5 Å². The maximum absolute atomic E-state index is 13.7. The summed E-state index contributed by atoms with van der Waals surface area (Å²) in [7, 11) is 3.25. The minimum Gasteiger partial charge on any atom is -0.497 e. The number of nitrogens with zero attached hydrogens (tertiary/aromatic N) is 4. The van der Waals surface area contributed by atoms with Crippen LogP contribution in [0.4, 0.5) is 5.69 Å². The molecule has 1 aliphatic rings. The molecule has 2 aromatic heterocycles. The second-order valence-electron chi connectivity index (χ2n) is 9.32. The van der Waals surface area contributed by atoms with Gasteiger partial charge in [-0.3, -0.25) is 4.79 Å². The van der Waals surface area contributed by atoms with E-state index in [1.54, 1.807) is 14.2 Å². The number of aromatic nitrogens is 2. The lowest BCUT2D eigenvalue weighted by Gasteiger charge is -2.37. The number of aryl methyl sites for hydroxylation is 1. The zero-order chi connectivity index (χ0) is 25.9. The Kier molecular flexibility index (Phi) is 7.24. The normalized spacial score (nSPS) is 14.6. The molecule has 0 radical (unpaired) electrons. The molecule has 0 aliphatic carbocycles. The van der Waals surface area contributed by atoms with Crippen LogP contribution in [-0.2, 0) is 4.79 Å². The number of amides is 1. The van der Waals surface area contributed by atoms with E-state index in [0.29, 0.717) is 36.0 Å². The first kappa shape index (κ1) is 25.0. The molecule has 0 N–H and O–H groups in total. The topological polar surface area (TPSA) is 59.3 Å². The Morgan fingerprint density at radius 3 is 2.38 bits per heavy atom.